The molecule has 0 unspecified atom stereocenters. The highest BCUT2D eigenvalue weighted by Gasteiger charge is 2.51. The first-order chi connectivity index (χ1) is 18.7. The van der Waals surface area contributed by atoms with Crippen molar-refractivity contribution >= 4 is 35.8 Å². The van der Waals surface area contributed by atoms with Gasteiger partial charge in [-0.05, 0) is 49.3 Å². The average Bonchev–Trinajstić information content (AvgIpc) is 3.25. The Morgan fingerprint density at radius 2 is 1.97 bits per heavy atom. The highest BCUT2D eigenvalue weighted by Crippen LogP contribution is 2.44. The topological polar surface area (TPSA) is 104 Å². The van der Waals surface area contributed by atoms with Gasteiger partial charge < -0.3 is 25.0 Å². The Kier molecular flexibility index (Phi) is 5.66. The first kappa shape index (κ1) is 24.8. The lowest BCUT2D eigenvalue weighted by atomic mass is 9.86. The number of hydrogen-bond donors (Lipinski definition) is 1. The van der Waals surface area contributed by atoms with E-state index in [-0.39, 0.29) is 23.3 Å². The van der Waals surface area contributed by atoms with Crippen LogP contribution in [0.4, 0.5) is 11.5 Å². The van der Waals surface area contributed by atoms with Crippen molar-refractivity contribution in [3.05, 3.63) is 53.2 Å². The molecule has 0 amide bonds. The average molecular weight is 523 g/mol. The fourth-order valence-electron chi connectivity index (χ4n) is 6.83. The van der Waals surface area contributed by atoms with Crippen molar-refractivity contribution in [1.29, 1.82) is 5.26 Å². The molecule has 7 rings (SSSR count). The molecule has 2 aromatic heterocycles. The predicted octanol–water partition coefficient (Wildman–Crippen LogP) is 0.632. The van der Waals surface area contributed by atoms with Crippen LogP contribution < -0.4 is 21.1 Å². The molecule has 6 heterocycles. The molecule has 0 radical (unpaired) electrons. The standard InChI is InChI=1S/C29H34BN7O2/c1-18-10-36(24-5-3-19(8-31)27-22(24)4-6-25(30)34-27)12-21(39-18)11-35-16-29(17-35)23-9-33-26(7-20(23)13-38-29)37-14-28(2,32)15-37/h3-7,9,18,21H,10-17,30,32H2,1-2H3/t18-,21+/m1/s1. The Balaban J connectivity index is 1.04. The normalized spacial score (nSPS) is 25.3. The number of likely N-dealkylation sites (tertiary alicyclic amines) is 1. The SMILES string of the molecule is Bc1ccc2c(N3C[C@H](CN4CC5(C4)OCc4cc(N6CC(C)(N)C6)ncc45)O[C@H](C)C3)ccc(C#N)c2n1. The summed E-state index contributed by atoms with van der Waals surface area (Å²) in [6.07, 6.45) is 2.20. The van der Waals surface area contributed by atoms with E-state index in [2.05, 4.69) is 57.8 Å². The summed E-state index contributed by atoms with van der Waals surface area (Å²) in [4.78, 5) is 16.5. The molecule has 39 heavy (non-hydrogen) atoms. The lowest BCUT2D eigenvalue weighted by molar-refractivity contribution is -0.155. The Labute approximate surface area is 229 Å². The van der Waals surface area contributed by atoms with Crippen molar-refractivity contribution < 1.29 is 9.47 Å². The lowest BCUT2D eigenvalue weighted by Gasteiger charge is -2.50. The van der Waals surface area contributed by atoms with Crippen LogP contribution in [-0.2, 0) is 21.7 Å². The smallest absolute Gasteiger partial charge is 0.163 e. The van der Waals surface area contributed by atoms with E-state index in [4.69, 9.17) is 20.2 Å². The number of fused-ring (bicyclic) bond motifs is 3. The summed E-state index contributed by atoms with van der Waals surface area (Å²) >= 11 is 0. The van der Waals surface area contributed by atoms with E-state index < -0.39 is 0 Å². The Morgan fingerprint density at radius 3 is 2.74 bits per heavy atom. The molecule has 9 nitrogen and oxygen atoms in total. The van der Waals surface area contributed by atoms with Crippen LogP contribution in [0.3, 0.4) is 0 Å². The number of ether oxygens (including phenoxy) is 2. The van der Waals surface area contributed by atoms with E-state index in [1.54, 1.807) is 0 Å². The molecule has 3 aromatic rings. The van der Waals surface area contributed by atoms with Gasteiger partial charge in [-0.15, -0.1) is 0 Å². The molecular formula is C29H34BN7O2. The van der Waals surface area contributed by atoms with Crippen molar-refractivity contribution in [3.8, 4) is 6.07 Å². The minimum atomic E-state index is -0.259. The highest BCUT2D eigenvalue weighted by molar-refractivity contribution is 6.31. The second-order valence-electron chi connectivity index (χ2n) is 12.2. The van der Waals surface area contributed by atoms with Crippen LogP contribution in [0, 0.1) is 11.3 Å². The van der Waals surface area contributed by atoms with E-state index in [0.29, 0.717) is 12.2 Å². The number of pyridine rings is 2. The van der Waals surface area contributed by atoms with Crippen LogP contribution in [-0.4, -0.2) is 86.3 Å². The van der Waals surface area contributed by atoms with E-state index in [1.807, 2.05) is 26.2 Å². The predicted molar refractivity (Wildman–Crippen MR) is 153 cm³/mol. The van der Waals surface area contributed by atoms with Gasteiger partial charge >= 0.3 is 0 Å². The molecule has 2 atom stereocenters. The number of aromatic nitrogens is 2. The van der Waals surface area contributed by atoms with Gasteiger partial charge in [0.25, 0.3) is 0 Å². The van der Waals surface area contributed by atoms with Crippen LogP contribution in [0.2, 0.25) is 0 Å². The van der Waals surface area contributed by atoms with Crippen LogP contribution in [0.25, 0.3) is 10.9 Å². The number of nitrogens with zero attached hydrogens (tertiary/aromatic N) is 6. The maximum absolute atomic E-state index is 9.61. The van der Waals surface area contributed by atoms with Crippen LogP contribution in [0.5, 0.6) is 0 Å². The number of hydrogen-bond acceptors (Lipinski definition) is 9. The van der Waals surface area contributed by atoms with Crippen molar-refractivity contribution in [2.24, 2.45) is 5.73 Å². The van der Waals surface area contributed by atoms with E-state index in [9.17, 15) is 5.26 Å². The summed E-state index contributed by atoms with van der Waals surface area (Å²) in [6, 6.07) is 12.5. The van der Waals surface area contributed by atoms with Gasteiger partial charge in [0.2, 0.25) is 0 Å². The molecule has 200 valence electrons. The molecule has 3 saturated heterocycles. The summed E-state index contributed by atoms with van der Waals surface area (Å²) in [5.74, 6) is 0.999. The molecule has 2 N–H and O–H groups in total. The molecular weight excluding hydrogens is 489 g/mol. The molecule has 10 heteroatoms. The van der Waals surface area contributed by atoms with Gasteiger partial charge in [0, 0.05) is 74.2 Å². The van der Waals surface area contributed by atoms with Gasteiger partial charge in [-0.25, -0.2) is 4.98 Å². The first-order valence-electron chi connectivity index (χ1n) is 13.8. The number of benzene rings is 1. The van der Waals surface area contributed by atoms with Gasteiger partial charge in [0.05, 0.1) is 29.9 Å². The summed E-state index contributed by atoms with van der Waals surface area (Å²) in [7, 11) is 1.96. The fraction of sp³-hybridized carbons (Fsp3) is 0.483. The van der Waals surface area contributed by atoms with Crippen molar-refractivity contribution in [2.45, 2.75) is 43.8 Å². The molecule has 3 fully saturated rings. The number of nitriles is 1. The third-order valence-electron chi connectivity index (χ3n) is 8.58. The molecule has 1 spiro atoms. The Morgan fingerprint density at radius 1 is 1.15 bits per heavy atom. The monoisotopic (exact) mass is 523 g/mol. The number of nitrogens with two attached hydrogens (primary N) is 1. The van der Waals surface area contributed by atoms with Crippen LogP contribution in [0.15, 0.2) is 36.5 Å². The van der Waals surface area contributed by atoms with Gasteiger partial charge in [-0.2, -0.15) is 5.26 Å². The lowest BCUT2D eigenvalue weighted by Crippen LogP contribution is -2.65. The minimum Gasteiger partial charge on any atom is -0.370 e. The first-order valence-corrected chi connectivity index (χ1v) is 13.8. The summed E-state index contributed by atoms with van der Waals surface area (Å²) in [5, 5.41) is 10.6. The van der Waals surface area contributed by atoms with Gasteiger partial charge in [-0.1, -0.05) is 6.07 Å². The quantitative estimate of drug-likeness (QED) is 0.494. The number of anilines is 2. The zero-order valence-electron chi connectivity index (χ0n) is 22.9. The Hall–Kier alpha value is -3.23. The third-order valence-corrected chi connectivity index (χ3v) is 8.58. The van der Waals surface area contributed by atoms with E-state index >= 15 is 0 Å². The fourth-order valence-corrected chi connectivity index (χ4v) is 6.83. The molecule has 0 aliphatic carbocycles. The number of rotatable bonds is 4. The summed E-state index contributed by atoms with van der Waals surface area (Å²) in [6.45, 7) is 10.7. The number of morpholine rings is 1. The van der Waals surface area contributed by atoms with Crippen LogP contribution >= 0.6 is 0 Å². The van der Waals surface area contributed by atoms with Crippen molar-refractivity contribution in [1.82, 2.24) is 14.9 Å². The summed E-state index contributed by atoms with van der Waals surface area (Å²) in [5.41, 5.74) is 11.7. The van der Waals surface area contributed by atoms with E-state index in [1.165, 1.54) is 11.1 Å². The molecule has 4 aliphatic rings. The van der Waals surface area contributed by atoms with Crippen molar-refractivity contribution in [2.75, 3.05) is 55.6 Å². The van der Waals surface area contributed by atoms with Crippen molar-refractivity contribution in [3.63, 3.8) is 0 Å². The third kappa shape index (κ3) is 4.25. The Bertz CT molecular complexity index is 1490. The van der Waals surface area contributed by atoms with Crippen LogP contribution in [0.1, 0.15) is 30.5 Å². The zero-order chi connectivity index (χ0) is 26.9. The second-order valence-corrected chi connectivity index (χ2v) is 12.2. The van der Waals surface area contributed by atoms with Gasteiger partial charge in [0.1, 0.15) is 17.5 Å². The largest absolute Gasteiger partial charge is 0.370 e. The summed E-state index contributed by atoms with van der Waals surface area (Å²) < 4.78 is 12.8. The van der Waals surface area contributed by atoms with E-state index in [0.717, 1.165) is 73.8 Å². The minimum absolute atomic E-state index is 0.0774. The maximum atomic E-state index is 9.61. The molecule has 4 aliphatic heterocycles. The zero-order valence-corrected chi connectivity index (χ0v) is 22.9. The highest BCUT2D eigenvalue weighted by atomic mass is 16.5. The maximum Gasteiger partial charge on any atom is 0.163 e. The molecule has 1 aromatic carbocycles. The molecule has 0 bridgehead atoms. The van der Waals surface area contributed by atoms with Gasteiger partial charge in [0.15, 0.2) is 7.85 Å². The molecule has 0 saturated carbocycles. The second kappa shape index (κ2) is 8.90. The van der Waals surface area contributed by atoms with Gasteiger partial charge in [-0.3, -0.25) is 9.88 Å².